The van der Waals surface area contributed by atoms with E-state index in [-0.39, 0.29) is 10.8 Å². The third-order valence-corrected chi connectivity index (χ3v) is 14.5. The molecule has 1 fully saturated rings. The normalized spacial score (nSPS) is 15.7. The highest BCUT2D eigenvalue weighted by Gasteiger charge is 2.39. The lowest BCUT2D eigenvalue weighted by Gasteiger charge is -2.28. The Morgan fingerprint density at radius 2 is 0.885 bits per heavy atom. The third-order valence-electron chi connectivity index (χ3n) is 14.5. The molecule has 0 radical (unpaired) electrons. The number of benzene rings is 8. The first-order chi connectivity index (χ1) is 29.8. The van der Waals surface area contributed by atoms with E-state index in [1.165, 1.54) is 116 Å². The first kappa shape index (κ1) is 37.6. The summed E-state index contributed by atoms with van der Waals surface area (Å²) in [5.41, 5.74) is 23.3. The van der Waals surface area contributed by atoms with Crippen molar-refractivity contribution in [3.63, 3.8) is 0 Å². The lowest BCUT2D eigenvalue weighted by molar-refractivity contribution is 0.443. The Morgan fingerprint density at radius 1 is 0.361 bits per heavy atom. The van der Waals surface area contributed by atoms with E-state index in [1.54, 1.807) is 0 Å². The average molecular weight is 788 g/mol. The number of rotatable bonds is 7. The van der Waals surface area contributed by atoms with Crippen LogP contribution >= 0.6 is 0 Å². The predicted octanol–water partition coefficient (Wildman–Crippen LogP) is 16.8. The zero-order chi connectivity index (χ0) is 41.3. The van der Waals surface area contributed by atoms with Gasteiger partial charge < -0.3 is 4.90 Å². The van der Waals surface area contributed by atoms with Crippen LogP contribution in [0.4, 0.5) is 17.1 Å². The van der Waals surface area contributed by atoms with Crippen molar-refractivity contribution in [2.24, 2.45) is 0 Å². The van der Waals surface area contributed by atoms with E-state index >= 15 is 0 Å². The maximum atomic E-state index is 2.46. The van der Waals surface area contributed by atoms with E-state index in [2.05, 4.69) is 215 Å². The van der Waals surface area contributed by atoms with Gasteiger partial charge in [-0.05, 0) is 145 Å². The van der Waals surface area contributed by atoms with Crippen LogP contribution in [0.15, 0.2) is 182 Å². The monoisotopic (exact) mass is 787 g/mol. The third kappa shape index (κ3) is 6.28. The van der Waals surface area contributed by atoms with E-state index in [0.717, 1.165) is 17.1 Å². The van der Waals surface area contributed by atoms with Gasteiger partial charge in [-0.3, -0.25) is 0 Å². The maximum Gasteiger partial charge on any atom is 0.0465 e. The second-order valence-corrected chi connectivity index (χ2v) is 18.8. The van der Waals surface area contributed by atoms with Crippen LogP contribution in [0.1, 0.15) is 93.5 Å². The predicted molar refractivity (Wildman–Crippen MR) is 258 cm³/mol. The molecule has 61 heavy (non-hydrogen) atoms. The Labute approximate surface area is 362 Å². The lowest BCUT2D eigenvalue weighted by atomic mass is 9.81. The van der Waals surface area contributed by atoms with Gasteiger partial charge in [0.25, 0.3) is 0 Å². The first-order valence-corrected chi connectivity index (χ1v) is 22.4. The van der Waals surface area contributed by atoms with Gasteiger partial charge in [0.15, 0.2) is 0 Å². The Kier molecular flexibility index (Phi) is 9.01. The second-order valence-electron chi connectivity index (χ2n) is 18.8. The van der Waals surface area contributed by atoms with Crippen molar-refractivity contribution in [2.75, 3.05) is 4.90 Å². The minimum absolute atomic E-state index is 0.0120. The smallest absolute Gasteiger partial charge is 0.0465 e. The summed E-state index contributed by atoms with van der Waals surface area (Å²) in [7, 11) is 0. The Hall–Kier alpha value is -6.44. The molecule has 0 saturated heterocycles. The van der Waals surface area contributed by atoms with Crippen molar-refractivity contribution in [2.45, 2.75) is 76.5 Å². The maximum absolute atomic E-state index is 2.46. The van der Waals surface area contributed by atoms with Crippen molar-refractivity contribution in [1.82, 2.24) is 0 Å². The molecule has 0 spiro atoms. The zero-order valence-corrected chi connectivity index (χ0v) is 35.9. The number of hydrogen-bond acceptors (Lipinski definition) is 1. The van der Waals surface area contributed by atoms with Crippen LogP contribution in [0.2, 0.25) is 0 Å². The summed E-state index contributed by atoms with van der Waals surface area (Å²) in [4.78, 5) is 2.44. The van der Waals surface area contributed by atoms with Gasteiger partial charge in [-0.15, -0.1) is 0 Å². The molecule has 1 saturated carbocycles. The van der Waals surface area contributed by atoms with E-state index < -0.39 is 0 Å². The molecule has 0 unspecified atom stereocenters. The summed E-state index contributed by atoms with van der Waals surface area (Å²) >= 11 is 0. The van der Waals surface area contributed by atoms with Gasteiger partial charge in [-0.25, -0.2) is 0 Å². The molecule has 3 aliphatic carbocycles. The molecule has 11 rings (SSSR count). The van der Waals surface area contributed by atoms with Crippen LogP contribution in [0.3, 0.4) is 0 Å². The number of hydrogen-bond donors (Lipinski definition) is 0. The molecule has 0 bridgehead atoms. The van der Waals surface area contributed by atoms with Crippen LogP contribution in [0.5, 0.6) is 0 Å². The molecule has 0 aromatic heterocycles. The highest BCUT2D eigenvalue weighted by molar-refractivity contribution is 5.96. The van der Waals surface area contributed by atoms with Gasteiger partial charge >= 0.3 is 0 Å². The summed E-state index contributed by atoms with van der Waals surface area (Å²) in [6.45, 7) is 9.53. The number of fused-ring (bicyclic) bond motifs is 6. The molecular weight excluding hydrogens is 735 g/mol. The second kappa shape index (κ2) is 14.6. The van der Waals surface area contributed by atoms with Gasteiger partial charge in [0, 0.05) is 27.9 Å². The van der Waals surface area contributed by atoms with Gasteiger partial charge in [0.05, 0.1) is 0 Å². The van der Waals surface area contributed by atoms with Gasteiger partial charge in [-0.2, -0.15) is 0 Å². The molecule has 0 N–H and O–H groups in total. The molecule has 8 aromatic rings. The molecular formula is C60H53N. The minimum Gasteiger partial charge on any atom is -0.310 e. The molecule has 1 heteroatoms. The Morgan fingerprint density at radius 3 is 1.57 bits per heavy atom. The molecule has 1 nitrogen and oxygen atoms in total. The number of nitrogens with zero attached hydrogens (tertiary/aromatic N) is 1. The molecule has 3 aliphatic rings. The zero-order valence-electron chi connectivity index (χ0n) is 35.9. The van der Waals surface area contributed by atoms with Crippen LogP contribution in [0, 0.1) is 0 Å². The molecule has 0 heterocycles. The van der Waals surface area contributed by atoms with E-state index in [0.29, 0.717) is 5.92 Å². The van der Waals surface area contributed by atoms with Gasteiger partial charge in [0.2, 0.25) is 0 Å². The molecule has 298 valence electrons. The fourth-order valence-corrected chi connectivity index (χ4v) is 11.1. The Bertz CT molecular complexity index is 2910. The molecule has 0 atom stereocenters. The average Bonchev–Trinajstić information content (AvgIpc) is 3.69. The van der Waals surface area contributed by atoms with Crippen LogP contribution in [-0.4, -0.2) is 0 Å². The van der Waals surface area contributed by atoms with Crippen molar-refractivity contribution in [3.05, 3.63) is 210 Å². The van der Waals surface area contributed by atoms with Crippen molar-refractivity contribution < 1.29 is 0 Å². The molecule has 0 amide bonds. The summed E-state index contributed by atoms with van der Waals surface area (Å²) in [5, 5.41) is 0. The largest absolute Gasteiger partial charge is 0.310 e. The van der Waals surface area contributed by atoms with E-state index in [1.807, 2.05) is 0 Å². The topological polar surface area (TPSA) is 3.24 Å². The summed E-state index contributed by atoms with van der Waals surface area (Å²) in [6, 6.07) is 68.6. The van der Waals surface area contributed by atoms with Gasteiger partial charge in [0.1, 0.15) is 0 Å². The van der Waals surface area contributed by atoms with Crippen molar-refractivity contribution >= 4 is 17.1 Å². The van der Waals surface area contributed by atoms with E-state index in [4.69, 9.17) is 0 Å². The molecule has 8 aromatic carbocycles. The lowest BCUT2D eigenvalue weighted by Crippen LogP contribution is -2.16. The van der Waals surface area contributed by atoms with Gasteiger partial charge in [-0.1, -0.05) is 186 Å². The Balaban J connectivity index is 0.986. The molecule has 0 aliphatic heterocycles. The van der Waals surface area contributed by atoms with E-state index in [9.17, 15) is 0 Å². The summed E-state index contributed by atoms with van der Waals surface area (Å²) in [6.07, 6.45) is 6.76. The minimum atomic E-state index is -0.182. The number of anilines is 3. The fourth-order valence-electron chi connectivity index (χ4n) is 11.1. The summed E-state index contributed by atoms with van der Waals surface area (Å²) < 4.78 is 0. The van der Waals surface area contributed by atoms with Crippen LogP contribution in [0.25, 0.3) is 55.6 Å². The highest BCUT2D eigenvalue weighted by Crippen LogP contribution is 2.55. The summed E-state index contributed by atoms with van der Waals surface area (Å²) in [5.74, 6) is 0.716. The van der Waals surface area contributed by atoms with Crippen LogP contribution < -0.4 is 4.90 Å². The standard InChI is InChI=1S/C60H53N/c1-59(2)54-20-12-11-18-51(54)53-38-46(30-37-55(53)59)50-19-13-21-56-58(50)52-36-35-49(39-57(52)60(56,3)4)61(47-31-26-44(27-32-47)41-16-9-6-10-17-41)48-33-28-45(29-34-48)43-24-22-42(23-25-43)40-14-7-5-8-15-40/h6,9-13,16-40H,5,7-8,14-15H2,1-4H3. The van der Waals surface area contributed by atoms with Crippen molar-refractivity contribution in [3.8, 4) is 55.6 Å². The first-order valence-electron chi connectivity index (χ1n) is 22.4. The van der Waals surface area contributed by atoms with Crippen molar-refractivity contribution in [1.29, 1.82) is 0 Å². The van der Waals surface area contributed by atoms with Crippen LogP contribution in [-0.2, 0) is 10.8 Å². The quantitative estimate of drug-likeness (QED) is 0.155. The highest BCUT2D eigenvalue weighted by atomic mass is 15.1. The SMILES string of the molecule is CC1(C)c2ccccc2-c2cc(-c3cccc4c3-c3ccc(N(c5ccc(-c6ccccc6)cc5)c5ccc(-c6ccc(C7CCCCC7)cc6)cc5)cc3C4(C)C)ccc21. The fraction of sp³-hybridized carbons (Fsp3) is 0.200.